The summed E-state index contributed by atoms with van der Waals surface area (Å²) in [4.78, 5) is 16.6. The van der Waals surface area contributed by atoms with Crippen molar-refractivity contribution in [2.45, 2.75) is 52.4 Å². The van der Waals surface area contributed by atoms with Gasteiger partial charge in [0.2, 0.25) is 5.91 Å². The van der Waals surface area contributed by atoms with Crippen LogP contribution in [0.1, 0.15) is 52.4 Å². The fourth-order valence-corrected chi connectivity index (χ4v) is 2.75. The van der Waals surface area contributed by atoms with Gasteiger partial charge in [0.05, 0.1) is 0 Å². The van der Waals surface area contributed by atoms with Gasteiger partial charge in [0, 0.05) is 52.4 Å². The minimum absolute atomic E-state index is 0.275. The lowest BCUT2D eigenvalue weighted by molar-refractivity contribution is -0.133. The summed E-state index contributed by atoms with van der Waals surface area (Å²) >= 11 is 0. The van der Waals surface area contributed by atoms with Crippen LogP contribution in [-0.2, 0) is 9.53 Å². The van der Waals surface area contributed by atoms with Gasteiger partial charge >= 0.3 is 0 Å². The average Bonchev–Trinajstić information content (AvgIpc) is 2.55. The van der Waals surface area contributed by atoms with Gasteiger partial charge in [0.25, 0.3) is 0 Å². The van der Waals surface area contributed by atoms with E-state index in [1.807, 2.05) is 4.90 Å². The van der Waals surface area contributed by atoms with E-state index in [1.165, 1.54) is 0 Å². The first-order chi connectivity index (χ1) is 11.1. The first kappa shape index (κ1) is 20.4. The van der Waals surface area contributed by atoms with Gasteiger partial charge in [0.15, 0.2) is 0 Å². The molecule has 5 heteroatoms. The van der Waals surface area contributed by atoms with Crippen molar-refractivity contribution in [3.05, 3.63) is 0 Å². The Morgan fingerprint density at radius 3 is 2.43 bits per heavy atom. The summed E-state index contributed by atoms with van der Waals surface area (Å²) in [5.74, 6) is 0.953. The predicted molar refractivity (Wildman–Crippen MR) is 93.5 cm³/mol. The third-order valence-electron chi connectivity index (χ3n) is 4.38. The number of piperazine rings is 1. The van der Waals surface area contributed by atoms with Gasteiger partial charge < -0.3 is 14.7 Å². The van der Waals surface area contributed by atoms with Crippen LogP contribution in [0.4, 0.5) is 0 Å². The van der Waals surface area contributed by atoms with Crippen LogP contribution >= 0.6 is 0 Å². The molecule has 0 saturated carbocycles. The van der Waals surface area contributed by atoms with E-state index < -0.39 is 0 Å². The molecule has 1 saturated heterocycles. The molecule has 0 atom stereocenters. The summed E-state index contributed by atoms with van der Waals surface area (Å²) < 4.78 is 5.57. The highest BCUT2D eigenvalue weighted by atomic mass is 16.5. The number of aliphatic hydroxyl groups excluding tert-OH is 1. The Balaban J connectivity index is 2.01. The van der Waals surface area contributed by atoms with Crippen molar-refractivity contribution in [2.24, 2.45) is 5.92 Å². The summed E-state index contributed by atoms with van der Waals surface area (Å²) in [7, 11) is 0. The molecule has 23 heavy (non-hydrogen) atoms. The summed E-state index contributed by atoms with van der Waals surface area (Å²) in [5, 5.41) is 8.78. The van der Waals surface area contributed by atoms with Crippen molar-refractivity contribution in [1.82, 2.24) is 9.80 Å². The highest BCUT2D eigenvalue weighted by Crippen LogP contribution is 2.07. The summed E-state index contributed by atoms with van der Waals surface area (Å²) in [6, 6.07) is 0. The van der Waals surface area contributed by atoms with Crippen LogP contribution in [0.25, 0.3) is 0 Å². The Hall–Kier alpha value is -0.650. The topological polar surface area (TPSA) is 53.0 Å². The lowest BCUT2D eigenvalue weighted by Gasteiger charge is -2.34. The molecule has 0 radical (unpaired) electrons. The lowest BCUT2D eigenvalue weighted by atomic mass is 10.1. The second-order valence-corrected chi connectivity index (χ2v) is 6.91. The van der Waals surface area contributed by atoms with Crippen molar-refractivity contribution < 1.29 is 14.6 Å². The second-order valence-electron chi connectivity index (χ2n) is 6.91. The fourth-order valence-electron chi connectivity index (χ4n) is 2.75. The fraction of sp³-hybridized carbons (Fsp3) is 0.944. The minimum Gasteiger partial charge on any atom is -0.396 e. The molecule has 1 amide bonds. The maximum atomic E-state index is 12.2. The van der Waals surface area contributed by atoms with Gasteiger partial charge in [-0.3, -0.25) is 9.69 Å². The molecule has 1 aliphatic heterocycles. The van der Waals surface area contributed by atoms with Crippen LogP contribution in [0.5, 0.6) is 0 Å². The normalized spacial score (nSPS) is 16.3. The molecule has 1 N–H and O–H groups in total. The third-order valence-corrected chi connectivity index (χ3v) is 4.38. The number of nitrogens with zero attached hydrogens (tertiary/aromatic N) is 2. The van der Waals surface area contributed by atoms with E-state index in [4.69, 9.17) is 9.84 Å². The number of carbonyl (C=O) groups is 1. The third kappa shape index (κ3) is 9.95. The van der Waals surface area contributed by atoms with Crippen molar-refractivity contribution in [1.29, 1.82) is 0 Å². The Morgan fingerprint density at radius 2 is 1.78 bits per heavy atom. The van der Waals surface area contributed by atoms with Gasteiger partial charge in [-0.05, 0) is 44.6 Å². The van der Waals surface area contributed by atoms with Crippen LogP contribution in [0.2, 0.25) is 0 Å². The Labute approximate surface area is 142 Å². The maximum absolute atomic E-state index is 12.2. The monoisotopic (exact) mass is 328 g/mol. The number of carbonyl (C=O) groups excluding carboxylic acids is 1. The molecular formula is C18H36N2O3. The predicted octanol–water partition coefficient (Wildman–Crippen LogP) is 2.14. The molecule has 0 aromatic carbocycles. The molecule has 1 aliphatic rings. The molecule has 1 fully saturated rings. The maximum Gasteiger partial charge on any atom is 0.222 e. The molecule has 0 bridgehead atoms. The number of hydrogen-bond donors (Lipinski definition) is 1. The highest BCUT2D eigenvalue weighted by Gasteiger charge is 2.20. The molecule has 0 aromatic heterocycles. The summed E-state index contributed by atoms with van der Waals surface area (Å²) in [6.45, 7) is 10.9. The number of rotatable bonds is 12. The van der Waals surface area contributed by atoms with E-state index in [0.717, 1.165) is 71.4 Å². The van der Waals surface area contributed by atoms with Crippen molar-refractivity contribution >= 4 is 5.91 Å². The molecule has 0 unspecified atom stereocenters. The van der Waals surface area contributed by atoms with Gasteiger partial charge in [-0.15, -0.1) is 0 Å². The molecular weight excluding hydrogens is 292 g/mol. The Bertz CT molecular complexity index is 303. The second kappa shape index (κ2) is 12.7. The standard InChI is InChI=1S/C18H36N2O3/c1-17(2)8-16-23-15-6-7-18(22)20-12-10-19(11-13-20)9-4-3-5-14-21/h17,21H,3-16H2,1-2H3. The Kier molecular flexibility index (Phi) is 11.3. The number of hydrogen-bond acceptors (Lipinski definition) is 4. The quantitative estimate of drug-likeness (QED) is 0.558. The zero-order valence-electron chi connectivity index (χ0n) is 15.1. The van der Waals surface area contributed by atoms with E-state index >= 15 is 0 Å². The summed E-state index contributed by atoms with van der Waals surface area (Å²) in [6.07, 6.45) is 5.66. The number of unbranched alkanes of at least 4 members (excludes halogenated alkanes) is 2. The zero-order valence-corrected chi connectivity index (χ0v) is 15.1. The van der Waals surface area contributed by atoms with E-state index in [1.54, 1.807) is 0 Å². The van der Waals surface area contributed by atoms with E-state index in [-0.39, 0.29) is 5.91 Å². The number of amides is 1. The molecule has 136 valence electrons. The van der Waals surface area contributed by atoms with Crippen molar-refractivity contribution in [3.8, 4) is 0 Å². The van der Waals surface area contributed by atoms with Crippen LogP contribution in [-0.4, -0.2) is 73.4 Å². The van der Waals surface area contributed by atoms with E-state index in [9.17, 15) is 4.79 Å². The first-order valence-electron chi connectivity index (χ1n) is 9.32. The number of aliphatic hydroxyl groups is 1. The largest absolute Gasteiger partial charge is 0.396 e. The zero-order chi connectivity index (χ0) is 16.9. The van der Waals surface area contributed by atoms with Crippen molar-refractivity contribution in [2.75, 3.05) is 52.5 Å². The first-order valence-corrected chi connectivity index (χ1v) is 9.32. The molecule has 0 spiro atoms. The van der Waals surface area contributed by atoms with Crippen LogP contribution < -0.4 is 0 Å². The number of ether oxygens (including phenoxy) is 1. The molecule has 1 heterocycles. The van der Waals surface area contributed by atoms with Crippen LogP contribution in [0.3, 0.4) is 0 Å². The van der Waals surface area contributed by atoms with E-state index in [0.29, 0.717) is 25.6 Å². The van der Waals surface area contributed by atoms with Gasteiger partial charge in [-0.25, -0.2) is 0 Å². The van der Waals surface area contributed by atoms with Gasteiger partial charge in [-0.2, -0.15) is 0 Å². The van der Waals surface area contributed by atoms with E-state index in [2.05, 4.69) is 18.7 Å². The molecule has 1 rings (SSSR count). The molecule has 0 aliphatic carbocycles. The van der Waals surface area contributed by atoms with Gasteiger partial charge in [0.1, 0.15) is 0 Å². The lowest BCUT2D eigenvalue weighted by Crippen LogP contribution is -2.48. The average molecular weight is 328 g/mol. The Morgan fingerprint density at radius 1 is 1.04 bits per heavy atom. The van der Waals surface area contributed by atoms with Crippen LogP contribution in [0.15, 0.2) is 0 Å². The smallest absolute Gasteiger partial charge is 0.222 e. The summed E-state index contributed by atoms with van der Waals surface area (Å²) in [5.41, 5.74) is 0. The SMILES string of the molecule is CC(C)CCOCCCC(=O)N1CCN(CCCCCO)CC1. The van der Waals surface area contributed by atoms with Crippen LogP contribution in [0, 0.1) is 5.92 Å². The van der Waals surface area contributed by atoms with Gasteiger partial charge in [-0.1, -0.05) is 13.8 Å². The molecule has 5 nitrogen and oxygen atoms in total. The molecule has 0 aromatic rings. The van der Waals surface area contributed by atoms with Crippen molar-refractivity contribution in [3.63, 3.8) is 0 Å². The highest BCUT2D eigenvalue weighted by molar-refractivity contribution is 5.76. The minimum atomic E-state index is 0.275.